The Labute approximate surface area is 77.0 Å². The summed E-state index contributed by atoms with van der Waals surface area (Å²) in [6.07, 6.45) is 6.48. The molecule has 0 aliphatic carbocycles. The van der Waals surface area contributed by atoms with E-state index >= 15 is 0 Å². The number of nitrogens with zero attached hydrogens (tertiary/aromatic N) is 3. The van der Waals surface area contributed by atoms with E-state index in [4.69, 9.17) is 0 Å². The first-order valence-corrected chi connectivity index (χ1v) is 4.35. The fourth-order valence-electron chi connectivity index (χ4n) is 1.21. The summed E-state index contributed by atoms with van der Waals surface area (Å²) in [6, 6.07) is 5.96. The first-order chi connectivity index (χ1) is 6.40. The molecule has 0 aliphatic rings. The molecule has 0 saturated carbocycles. The van der Waals surface area contributed by atoms with Gasteiger partial charge in [-0.2, -0.15) is 5.10 Å². The molecule has 3 nitrogen and oxygen atoms in total. The van der Waals surface area contributed by atoms with Gasteiger partial charge in [-0.05, 0) is 30.2 Å². The Bertz CT molecular complexity index is 379. The van der Waals surface area contributed by atoms with Crippen LogP contribution >= 0.6 is 0 Å². The lowest BCUT2D eigenvalue weighted by Gasteiger charge is -2.01. The lowest BCUT2D eigenvalue weighted by atomic mass is 10.2. The number of aryl methyl sites for hydroxylation is 1. The Morgan fingerprint density at radius 3 is 3.00 bits per heavy atom. The van der Waals surface area contributed by atoms with Gasteiger partial charge in [0.15, 0.2) is 5.82 Å². The van der Waals surface area contributed by atoms with E-state index in [2.05, 4.69) is 17.0 Å². The lowest BCUT2D eigenvalue weighted by Crippen LogP contribution is -1.98. The highest BCUT2D eigenvalue weighted by atomic mass is 15.3. The highest BCUT2D eigenvalue weighted by Crippen LogP contribution is 2.05. The van der Waals surface area contributed by atoms with Crippen LogP contribution in [0.15, 0.2) is 36.8 Å². The molecule has 0 radical (unpaired) electrons. The molecular weight excluding hydrogens is 162 g/mol. The molecule has 2 heterocycles. The summed E-state index contributed by atoms with van der Waals surface area (Å²) >= 11 is 0. The Kier molecular flexibility index (Phi) is 2.08. The number of hydrogen-bond acceptors (Lipinski definition) is 2. The van der Waals surface area contributed by atoms with Gasteiger partial charge >= 0.3 is 0 Å². The molecule has 0 saturated heterocycles. The summed E-state index contributed by atoms with van der Waals surface area (Å²) in [5.74, 6) is 0.879. The number of rotatable bonds is 2. The van der Waals surface area contributed by atoms with Crippen LogP contribution in [0, 0.1) is 0 Å². The molecule has 0 atom stereocenters. The first kappa shape index (κ1) is 7.98. The van der Waals surface area contributed by atoms with Crippen molar-refractivity contribution in [3.8, 4) is 5.82 Å². The second kappa shape index (κ2) is 3.39. The van der Waals surface area contributed by atoms with Gasteiger partial charge in [-0.15, -0.1) is 0 Å². The van der Waals surface area contributed by atoms with Gasteiger partial charge in [-0.3, -0.25) is 0 Å². The molecule has 0 aliphatic heterocycles. The Balaban J connectivity index is 2.41. The highest BCUT2D eigenvalue weighted by Gasteiger charge is 1.97. The van der Waals surface area contributed by atoms with E-state index in [0.29, 0.717) is 0 Å². The minimum atomic E-state index is 0.879. The van der Waals surface area contributed by atoms with Gasteiger partial charge in [-0.1, -0.05) is 6.92 Å². The Morgan fingerprint density at radius 2 is 2.31 bits per heavy atom. The molecule has 0 amide bonds. The number of aromatic nitrogens is 3. The second-order valence-electron chi connectivity index (χ2n) is 2.83. The van der Waals surface area contributed by atoms with Crippen LogP contribution in [-0.4, -0.2) is 14.8 Å². The summed E-state index contributed by atoms with van der Waals surface area (Å²) in [7, 11) is 0. The third-order valence-corrected chi connectivity index (χ3v) is 1.96. The SMILES string of the molecule is CCc1ccnc(-n2cccn2)c1. The monoisotopic (exact) mass is 173 g/mol. The maximum absolute atomic E-state index is 4.23. The summed E-state index contributed by atoms with van der Waals surface area (Å²) in [5, 5.41) is 4.12. The number of hydrogen-bond donors (Lipinski definition) is 0. The van der Waals surface area contributed by atoms with Crippen molar-refractivity contribution in [1.29, 1.82) is 0 Å². The van der Waals surface area contributed by atoms with Crippen LogP contribution in [0.4, 0.5) is 0 Å². The molecule has 3 heteroatoms. The van der Waals surface area contributed by atoms with E-state index in [-0.39, 0.29) is 0 Å². The summed E-state index contributed by atoms with van der Waals surface area (Å²) < 4.78 is 1.76. The topological polar surface area (TPSA) is 30.7 Å². The predicted octanol–water partition coefficient (Wildman–Crippen LogP) is 1.83. The summed E-state index contributed by atoms with van der Waals surface area (Å²) in [4.78, 5) is 4.23. The van der Waals surface area contributed by atoms with Crippen LogP contribution in [0.2, 0.25) is 0 Å². The maximum Gasteiger partial charge on any atom is 0.153 e. The lowest BCUT2D eigenvalue weighted by molar-refractivity contribution is 0.842. The Morgan fingerprint density at radius 1 is 1.38 bits per heavy atom. The van der Waals surface area contributed by atoms with Gasteiger partial charge in [0.25, 0.3) is 0 Å². The van der Waals surface area contributed by atoms with Crippen molar-refractivity contribution < 1.29 is 0 Å². The normalized spacial score (nSPS) is 10.2. The standard InChI is InChI=1S/C10H11N3/c1-2-9-4-6-11-10(8-9)13-7-3-5-12-13/h3-8H,2H2,1H3. The first-order valence-electron chi connectivity index (χ1n) is 4.35. The van der Waals surface area contributed by atoms with Crippen LogP contribution in [0.1, 0.15) is 12.5 Å². The third kappa shape index (κ3) is 1.59. The summed E-state index contributed by atoms with van der Waals surface area (Å²) in [5.41, 5.74) is 1.28. The fraction of sp³-hybridized carbons (Fsp3) is 0.200. The van der Waals surface area contributed by atoms with E-state index in [9.17, 15) is 0 Å². The molecule has 13 heavy (non-hydrogen) atoms. The van der Waals surface area contributed by atoms with E-state index in [0.717, 1.165) is 12.2 Å². The van der Waals surface area contributed by atoms with Crippen molar-refractivity contribution in [2.75, 3.05) is 0 Å². The Hall–Kier alpha value is -1.64. The van der Waals surface area contributed by atoms with Crippen LogP contribution in [-0.2, 0) is 6.42 Å². The average Bonchev–Trinajstić information content (AvgIpc) is 2.71. The molecule has 2 aromatic rings. The van der Waals surface area contributed by atoms with Gasteiger partial charge in [0.1, 0.15) is 0 Å². The molecule has 0 aromatic carbocycles. The zero-order valence-electron chi connectivity index (χ0n) is 7.51. The van der Waals surface area contributed by atoms with Crippen LogP contribution < -0.4 is 0 Å². The van der Waals surface area contributed by atoms with Gasteiger partial charge in [0, 0.05) is 18.6 Å². The van der Waals surface area contributed by atoms with Gasteiger partial charge in [0.2, 0.25) is 0 Å². The minimum Gasteiger partial charge on any atom is -0.237 e. The molecular formula is C10H11N3. The quantitative estimate of drug-likeness (QED) is 0.693. The molecule has 0 bridgehead atoms. The zero-order valence-corrected chi connectivity index (χ0v) is 7.51. The molecule has 66 valence electrons. The highest BCUT2D eigenvalue weighted by molar-refractivity contribution is 5.26. The second-order valence-corrected chi connectivity index (χ2v) is 2.83. The van der Waals surface area contributed by atoms with Crippen molar-refractivity contribution in [2.24, 2.45) is 0 Å². The van der Waals surface area contributed by atoms with Gasteiger partial charge in [0.05, 0.1) is 0 Å². The molecule has 0 spiro atoms. The molecule has 0 fully saturated rings. The van der Waals surface area contributed by atoms with E-state index in [1.807, 2.05) is 30.6 Å². The van der Waals surface area contributed by atoms with Crippen molar-refractivity contribution in [2.45, 2.75) is 13.3 Å². The molecule has 0 N–H and O–H groups in total. The van der Waals surface area contributed by atoms with Crippen LogP contribution in [0.3, 0.4) is 0 Å². The summed E-state index contributed by atoms with van der Waals surface area (Å²) in [6.45, 7) is 2.13. The minimum absolute atomic E-state index is 0.879. The van der Waals surface area contributed by atoms with Crippen molar-refractivity contribution in [3.05, 3.63) is 42.4 Å². The maximum atomic E-state index is 4.23. The van der Waals surface area contributed by atoms with Crippen molar-refractivity contribution in [3.63, 3.8) is 0 Å². The van der Waals surface area contributed by atoms with E-state index in [1.165, 1.54) is 5.56 Å². The van der Waals surface area contributed by atoms with E-state index in [1.54, 1.807) is 10.9 Å². The fourth-order valence-corrected chi connectivity index (χ4v) is 1.21. The smallest absolute Gasteiger partial charge is 0.153 e. The largest absolute Gasteiger partial charge is 0.237 e. The third-order valence-electron chi connectivity index (χ3n) is 1.96. The zero-order chi connectivity index (χ0) is 9.10. The van der Waals surface area contributed by atoms with Gasteiger partial charge < -0.3 is 0 Å². The molecule has 2 rings (SSSR count). The van der Waals surface area contributed by atoms with Crippen LogP contribution in [0.5, 0.6) is 0 Å². The van der Waals surface area contributed by atoms with Crippen LogP contribution in [0.25, 0.3) is 5.82 Å². The van der Waals surface area contributed by atoms with E-state index < -0.39 is 0 Å². The predicted molar refractivity (Wildman–Crippen MR) is 50.7 cm³/mol. The molecule has 0 unspecified atom stereocenters. The number of pyridine rings is 1. The molecule has 2 aromatic heterocycles. The van der Waals surface area contributed by atoms with Crippen molar-refractivity contribution in [1.82, 2.24) is 14.8 Å². The van der Waals surface area contributed by atoms with Gasteiger partial charge in [-0.25, -0.2) is 9.67 Å². The van der Waals surface area contributed by atoms with Crippen molar-refractivity contribution >= 4 is 0 Å². The average molecular weight is 173 g/mol.